The van der Waals surface area contributed by atoms with Gasteiger partial charge in [0, 0.05) is 0 Å². The number of rotatable bonds is 11. The zero-order valence-corrected chi connectivity index (χ0v) is 11.0. The molecular weight excluding hydrogens is 246 g/mol. The average molecular weight is 267 g/mol. The minimum atomic E-state index is 0.466. The lowest BCUT2D eigenvalue weighted by molar-refractivity contribution is 0.0228. The molecule has 2 N–H and O–H groups in total. The highest BCUT2D eigenvalue weighted by atomic mass is 16.6. The lowest BCUT2D eigenvalue weighted by Gasteiger charge is -2.09. The third kappa shape index (κ3) is 7.33. The Morgan fingerprint density at radius 3 is 2.26 bits per heavy atom. The van der Waals surface area contributed by atoms with E-state index in [-0.39, 0.29) is 0 Å². The van der Waals surface area contributed by atoms with Crippen molar-refractivity contribution in [3.8, 4) is 5.75 Å². The summed E-state index contributed by atoms with van der Waals surface area (Å²) >= 11 is 0. The number of hydrogen-bond donors (Lipinski definition) is 1. The molecule has 0 fully saturated rings. The predicted molar refractivity (Wildman–Crippen MR) is 74.1 cm³/mol. The molecule has 0 aliphatic heterocycles. The standard InChI is InChI=1S/C14H21NO4/c1-2-16-7-8-17-9-10-18-11-12-19-14-6-4-3-5-13(14)15/h2-6H,1,7-12,15H2. The van der Waals surface area contributed by atoms with Crippen LogP contribution in [-0.2, 0) is 14.2 Å². The molecule has 1 rings (SSSR count). The van der Waals surface area contributed by atoms with Gasteiger partial charge < -0.3 is 24.7 Å². The number of para-hydroxylation sites is 2. The minimum absolute atomic E-state index is 0.466. The van der Waals surface area contributed by atoms with E-state index in [1.54, 1.807) is 6.07 Å². The Hall–Kier alpha value is -1.72. The molecule has 0 aliphatic rings. The molecule has 106 valence electrons. The van der Waals surface area contributed by atoms with E-state index in [0.717, 1.165) is 0 Å². The summed E-state index contributed by atoms with van der Waals surface area (Å²) in [5.41, 5.74) is 6.37. The Morgan fingerprint density at radius 2 is 1.58 bits per heavy atom. The third-order valence-corrected chi connectivity index (χ3v) is 2.24. The molecule has 0 atom stereocenters. The maximum absolute atomic E-state index is 5.74. The maximum atomic E-state index is 5.74. The Bertz CT molecular complexity index is 357. The van der Waals surface area contributed by atoms with Crippen molar-refractivity contribution in [2.75, 3.05) is 45.4 Å². The van der Waals surface area contributed by atoms with Crippen molar-refractivity contribution in [1.82, 2.24) is 0 Å². The van der Waals surface area contributed by atoms with Gasteiger partial charge in [-0.1, -0.05) is 18.7 Å². The number of nitrogen functional groups attached to an aromatic ring is 1. The normalized spacial score (nSPS) is 10.1. The van der Waals surface area contributed by atoms with Gasteiger partial charge in [-0.3, -0.25) is 0 Å². The number of anilines is 1. The van der Waals surface area contributed by atoms with Crippen LogP contribution in [0.3, 0.4) is 0 Å². The SMILES string of the molecule is C=COCCOCCOCCOc1ccccc1N. The van der Waals surface area contributed by atoms with Crippen LogP contribution in [0.15, 0.2) is 37.1 Å². The number of nitrogens with two attached hydrogens (primary N) is 1. The van der Waals surface area contributed by atoms with E-state index in [2.05, 4.69) is 6.58 Å². The molecule has 0 saturated carbocycles. The number of ether oxygens (including phenoxy) is 4. The fraction of sp³-hybridized carbons (Fsp3) is 0.429. The first kappa shape index (κ1) is 15.3. The van der Waals surface area contributed by atoms with Gasteiger partial charge in [0.25, 0.3) is 0 Å². The smallest absolute Gasteiger partial charge is 0.142 e. The number of benzene rings is 1. The van der Waals surface area contributed by atoms with E-state index in [1.165, 1.54) is 6.26 Å². The van der Waals surface area contributed by atoms with E-state index in [0.29, 0.717) is 51.1 Å². The van der Waals surface area contributed by atoms with Crippen LogP contribution in [0.2, 0.25) is 0 Å². The van der Waals surface area contributed by atoms with Crippen LogP contribution in [0.4, 0.5) is 5.69 Å². The highest BCUT2D eigenvalue weighted by molar-refractivity contribution is 5.51. The summed E-state index contributed by atoms with van der Waals surface area (Å²) in [6, 6.07) is 7.38. The monoisotopic (exact) mass is 267 g/mol. The van der Waals surface area contributed by atoms with Crippen molar-refractivity contribution in [3.05, 3.63) is 37.1 Å². The topological polar surface area (TPSA) is 62.9 Å². The lowest BCUT2D eigenvalue weighted by Crippen LogP contribution is -2.12. The first-order valence-electron chi connectivity index (χ1n) is 6.20. The molecular formula is C14H21NO4. The van der Waals surface area contributed by atoms with Crippen LogP contribution < -0.4 is 10.5 Å². The zero-order chi connectivity index (χ0) is 13.8. The minimum Gasteiger partial charge on any atom is -0.499 e. The zero-order valence-electron chi connectivity index (χ0n) is 11.0. The molecule has 19 heavy (non-hydrogen) atoms. The van der Waals surface area contributed by atoms with E-state index in [1.807, 2.05) is 18.2 Å². The fourth-order valence-electron chi connectivity index (χ4n) is 1.33. The third-order valence-electron chi connectivity index (χ3n) is 2.24. The summed E-state index contributed by atoms with van der Waals surface area (Å²) in [6.45, 7) is 6.51. The van der Waals surface area contributed by atoms with Gasteiger partial charge in [-0.05, 0) is 12.1 Å². The molecule has 0 unspecified atom stereocenters. The largest absolute Gasteiger partial charge is 0.499 e. The van der Waals surface area contributed by atoms with Crippen molar-refractivity contribution in [3.63, 3.8) is 0 Å². The molecule has 1 aromatic rings. The van der Waals surface area contributed by atoms with Crippen molar-refractivity contribution in [2.45, 2.75) is 0 Å². The molecule has 1 aromatic carbocycles. The first-order valence-corrected chi connectivity index (χ1v) is 6.20. The summed E-state index contributed by atoms with van der Waals surface area (Å²) in [4.78, 5) is 0. The summed E-state index contributed by atoms with van der Waals surface area (Å²) in [5, 5.41) is 0. The second kappa shape index (κ2) is 10.2. The van der Waals surface area contributed by atoms with E-state index in [4.69, 9.17) is 24.7 Å². The van der Waals surface area contributed by atoms with Gasteiger partial charge in [-0.2, -0.15) is 0 Å². The molecule has 0 aliphatic carbocycles. The maximum Gasteiger partial charge on any atom is 0.142 e. The van der Waals surface area contributed by atoms with E-state index in [9.17, 15) is 0 Å². The van der Waals surface area contributed by atoms with Crippen LogP contribution in [0, 0.1) is 0 Å². The molecule has 0 heterocycles. The van der Waals surface area contributed by atoms with E-state index >= 15 is 0 Å². The van der Waals surface area contributed by atoms with Gasteiger partial charge >= 0.3 is 0 Å². The second-order valence-electron chi connectivity index (χ2n) is 3.65. The van der Waals surface area contributed by atoms with Gasteiger partial charge in [0.2, 0.25) is 0 Å². The summed E-state index contributed by atoms with van der Waals surface area (Å²) in [6.07, 6.45) is 1.40. The molecule has 5 nitrogen and oxygen atoms in total. The van der Waals surface area contributed by atoms with Crippen molar-refractivity contribution < 1.29 is 18.9 Å². The summed E-state index contributed by atoms with van der Waals surface area (Å²) in [5.74, 6) is 0.684. The predicted octanol–water partition coefficient (Wildman–Crippen LogP) is 1.84. The van der Waals surface area contributed by atoms with Crippen LogP contribution in [0.25, 0.3) is 0 Å². The molecule has 0 saturated heterocycles. The molecule has 0 bridgehead atoms. The van der Waals surface area contributed by atoms with Crippen LogP contribution in [0.1, 0.15) is 0 Å². The molecule has 0 radical (unpaired) electrons. The van der Waals surface area contributed by atoms with Crippen LogP contribution in [0.5, 0.6) is 5.75 Å². The Balaban J connectivity index is 1.91. The van der Waals surface area contributed by atoms with Gasteiger partial charge in [0.15, 0.2) is 0 Å². The molecule has 5 heteroatoms. The molecule has 0 spiro atoms. The summed E-state index contributed by atoms with van der Waals surface area (Å²) in [7, 11) is 0. The fourth-order valence-corrected chi connectivity index (χ4v) is 1.33. The quantitative estimate of drug-likeness (QED) is 0.376. The summed E-state index contributed by atoms with van der Waals surface area (Å²) < 4.78 is 21.0. The molecule has 0 aromatic heterocycles. The number of hydrogen-bond acceptors (Lipinski definition) is 5. The van der Waals surface area contributed by atoms with Gasteiger partial charge in [0.05, 0.1) is 38.4 Å². The highest BCUT2D eigenvalue weighted by Crippen LogP contribution is 2.19. The second-order valence-corrected chi connectivity index (χ2v) is 3.65. The van der Waals surface area contributed by atoms with Gasteiger partial charge in [0.1, 0.15) is 19.0 Å². The highest BCUT2D eigenvalue weighted by Gasteiger charge is 1.97. The molecule has 0 amide bonds. The van der Waals surface area contributed by atoms with Crippen molar-refractivity contribution in [2.24, 2.45) is 0 Å². The Labute approximate surface area is 113 Å². The van der Waals surface area contributed by atoms with Crippen LogP contribution in [-0.4, -0.2) is 39.6 Å². The Morgan fingerprint density at radius 1 is 0.947 bits per heavy atom. The van der Waals surface area contributed by atoms with E-state index < -0.39 is 0 Å². The lowest BCUT2D eigenvalue weighted by atomic mass is 10.3. The van der Waals surface area contributed by atoms with Crippen LogP contribution >= 0.6 is 0 Å². The van der Waals surface area contributed by atoms with Crippen molar-refractivity contribution >= 4 is 5.69 Å². The average Bonchev–Trinajstić information content (AvgIpc) is 2.43. The Kier molecular flexibility index (Phi) is 8.25. The van der Waals surface area contributed by atoms with Gasteiger partial charge in [-0.25, -0.2) is 0 Å². The first-order chi connectivity index (χ1) is 9.34. The van der Waals surface area contributed by atoms with Crippen molar-refractivity contribution in [1.29, 1.82) is 0 Å². The van der Waals surface area contributed by atoms with Gasteiger partial charge in [-0.15, -0.1) is 0 Å².